The minimum atomic E-state index is -0.103. The summed E-state index contributed by atoms with van der Waals surface area (Å²) >= 11 is 1.85. The molecule has 1 saturated heterocycles. The van der Waals surface area contributed by atoms with E-state index in [0.29, 0.717) is 17.2 Å². The molecule has 19 heavy (non-hydrogen) atoms. The second kappa shape index (κ2) is 4.96. The van der Waals surface area contributed by atoms with Gasteiger partial charge < -0.3 is 20.0 Å². The third-order valence-corrected chi connectivity index (χ3v) is 3.85. The van der Waals surface area contributed by atoms with E-state index in [2.05, 4.69) is 15.0 Å². The third-order valence-electron chi connectivity index (χ3n) is 2.90. The fraction of sp³-hybridized carbons (Fsp3) is 0.364. The van der Waals surface area contributed by atoms with Crippen molar-refractivity contribution in [1.82, 2.24) is 19.9 Å². The number of carbonyl (C=O) groups is 1. The van der Waals surface area contributed by atoms with Gasteiger partial charge in [0.15, 0.2) is 11.5 Å². The van der Waals surface area contributed by atoms with Gasteiger partial charge in [-0.1, -0.05) is 0 Å². The number of nitrogens with two attached hydrogens (primary N) is 1. The van der Waals surface area contributed by atoms with E-state index in [1.165, 1.54) is 12.6 Å². The molecule has 0 saturated carbocycles. The predicted molar refractivity (Wildman–Crippen MR) is 71.7 cm³/mol. The number of nitrogens with zero attached hydrogens (tertiary/aromatic N) is 3. The maximum Gasteiger partial charge on any atom is 0.275 e. The van der Waals surface area contributed by atoms with Crippen molar-refractivity contribution >= 4 is 23.5 Å². The Morgan fingerprint density at radius 2 is 2.26 bits per heavy atom. The first-order valence-corrected chi connectivity index (χ1v) is 7.03. The van der Waals surface area contributed by atoms with Crippen LogP contribution in [-0.4, -0.2) is 50.4 Å². The molecule has 100 valence electrons. The van der Waals surface area contributed by atoms with Gasteiger partial charge in [-0.05, 0) is 0 Å². The summed E-state index contributed by atoms with van der Waals surface area (Å²) in [6.07, 6.45) is 2.82. The van der Waals surface area contributed by atoms with E-state index in [1.807, 2.05) is 11.8 Å². The monoisotopic (exact) mass is 279 g/mol. The van der Waals surface area contributed by atoms with E-state index in [4.69, 9.17) is 10.2 Å². The third kappa shape index (κ3) is 2.30. The van der Waals surface area contributed by atoms with Crippen LogP contribution in [0.1, 0.15) is 10.5 Å². The number of rotatable bonds is 2. The van der Waals surface area contributed by atoms with Gasteiger partial charge in [0.1, 0.15) is 12.0 Å². The Balaban J connectivity index is 1.81. The molecule has 1 fully saturated rings. The molecule has 2 aromatic rings. The van der Waals surface area contributed by atoms with Crippen LogP contribution in [0.25, 0.3) is 11.6 Å². The Bertz CT molecular complexity index is 587. The molecule has 1 aliphatic heterocycles. The molecule has 3 rings (SSSR count). The Kier molecular flexibility index (Phi) is 3.16. The number of anilines is 1. The van der Waals surface area contributed by atoms with E-state index < -0.39 is 0 Å². The summed E-state index contributed by atoms with van der Waals surface area (Å²) in [4.78, 5) is 24.9. The molecular formula is C11H13N5O2S. The number of thioether (sulfide) groups is 1. The number of amides is 1. The van der Waals surface area contributed by atoms with E-state index in [1.54, 1.807) is 4.90 Å². The lowest BCUT2D eigenvalue weighted by Crippen LogP contribution is -2.38. The summed E-state index contributed by atoms with van der Waals surface area (Å²) in [6, 6.07) is 0. The molecule has 0 atom stereocenters. The number of nitrogens with one attached hydrogen (secondary N) is 1. The lowest BCUT2D eigenvalue weighted by molar-refractivity contribution is 0.0766. The zero-order valence-corrected chi connectivity index (χ0v) is 10.9. The number of aromatic amines is 1. The zero-order chi connectivity index (χ0) is 13.2. The number of oxazole rings is 1. The van der Waals surface area contributed by atoms with E-state index >= 15 is 0 Å². The molecule has 0 unspecified atom stereocenters. The SMILES string of the molecule is Nc1nc[nH]c1-c1nc(C(=O)N2CCSCC2)co1. The van der Waals surface area contributed by atoms with Gasteiger partial charge in [0.25, 0.3) is 5.91 Å². The van der Waals surface area contributed by atoms with Gasteiger partial charge in [0.05, 0.1) is 6.33 Å². The standard InChI is InChI=1S/C11H13N5O2S/c12-9-8(13-6-14-9)10-15-7(5-18-10)11(17)16-1-3-19-4-2-16/h5-6H,1-4,12H2,(H,13,14). The lowest BCUT2D eigenvalue weighted by Gasteiger charge is -2.25. The molecule has 0 spiro atoms. The van der Waals surface area contributed by atoms with Crippen LogP contribution < -0.4 is 5.73 Å². The topological polar surface area (TPSA) is 101 Å². The van der Waals surface area contributed by atoms with Gasteiger partial charge in [-0.2, -0.15) is 11.8 Å². The highest BCUT2D eigenvalue weighted by Crippen LogP contribution is 2.22. The highest BCUT2D eigenvalue weighted by Gasteiger charge is 2.22. The van der Waals surface area contributed by atoms with E-state index in [-0.39, 0.29) is 11.8 Å². The van der Waals surface area contributed by atoms with Crippen LogP contribution in [0.2, 0.25) is 0 Å². The molecule has 0 aliphatic carbocycles. The number of imidazole rings is 1. The van der Waals surface area contributed by atoms with Gasteiger partial charge in [0, 0.05) is 24.6 Å². The van der Waals surface area contributed by atoms with Crippen LogP contribution in [0.4, 0.5) is 5.82 Å². The van der Waals surface area contributed by atoms with Crippen LogP contribution in [0.3, 0.4) is 0 Å². The Labute approximate surface area is 113 Å². The van der Waals surface area contributed by atoms with Crippen molar-refractivity contribution in [3.8, 4) is 11.6 Å². The van der Waals surface area contributed by atoms with E-state index in [0.717, 1.165) is 24.6 Å². The number of nitrogen functional groups attached to an aromatic ring is 1. The summed E-state index contributed by atoms with van der Waals surface area (Å²) < 4.78 is 5.29. The normalized spacial score (nSPS) is 15.7. The van der Waals surface area contributed by atoms with Crippen molar-refractivity contribution in [3.05, 3.63) is 18.3 Å². The van der Waals surface area contributed by atoms with Crippen molar-refractivity contribution in [2.24, 2.45) is 0 Å². The Morgan fingerprint density at radius 1 is 1.47 bits per heavy atom. The highest BCUT2D eigenvalue weighted by molar-refractivity contribution is 7.99. The Morgan fingerprint density at radius 3 is 2.95 bits per heavy atom. The van der Waals surface area contributed by atoms with Gasteiger partial charge in [-0.15, -0.1) is 0 Å². The van der Waals surface area contributed by atoms with Crippen molar-refractivity contribution in [3.63, 3.8) is 0 Å². The minimum absolute atomic E-state index is 0.103. The molecule has 2 aromatic heterocycles. The van der Waals surface area contributed by atoms with Gasteiger partial charge in [-0.3, -0.25) is 4.79 Å². The smallest absolute Gasteiger partial charge is 0.275 e. The van der Waals surface area contributed by atoms with E-state index in [9.17, 15) is 4.79 Å². The van der Waals surface area contributed by atoms with Crippen molar-refractivity contribution < 1.29 is 9.21 Å². The van der Waals surface area contributed by atoms with Crippen molar-refractivity contribution in [1.29, 1.82) is 0 Å². The average Bonchev–Trinajstić information content (AvgIpc) is 3.07. The van der Waals surface area contributed by atoms with Crippen LogP contribution in [-0.2, 0) is 0 Å². The molecule has 1 amide bonds. The minimum Gasteiger partial charge on any atom is -0.442 e. The number of H-pyrrole nitrogens is 1. The Hall–Kier alpha value is -1.96. The van der Waals surface area contributed by atoms with Crippen molar-refractivity contribution in [2.75, 3.05) is 30.3 Å². The molecule has 0 bridgehead atoms. The lowest BCUT2D eigenvalue weighted by atomic mass is 10.3. The fourth-order valence-corrected chi connectivity index (χ4v) is 2.79. The quantitative estimate of drug-likeness (QED) is 0.844. The predicted octanol–water partition coefficient (Wildman–Crippen LogP) is 0.836. The largest absolute Gasteiger partial charge is 0.442 e. The molecule has 0 aromatic carbocycles. The van der Waals surface area contributed by atoms with Gasteiger partial charge >= 0.3 is 0 Å². The highest BCUT2D eigenvalue weighted by atomic mass is 32.2. The van der Waals surface area contributed by atoms with Crippen LogP contribution in [0.5, 0.6) is 0 Å². The second-order valence-corrected chi connectivity index (χ2v) is 5.33. The maximum atomic E-state index is 12.2. The number of aromatic nitrogens is 3. The first kappa shape index (κ1) is 12.1. The number of carbonyl (C=O) groups excluding carboxylic acids is 1. The summed E-state index contributed by atoms with van der Waals surface area (Å²) in [5.41, 5.74) is 6.46. The summed E-state index contributed by atoms with van der Waals surface area (Å²) in [5, 5.41) is 0. The summed E-state index contributed by atoms with van der Waals surface area (Å²) in [5.74, 6) is 2.40. The summed E-state index contributed by atoms with van der Waals surface area (Å²) in [6.45, 7) is 1.50. The first-order valence-electron chi connectivity index (χ1n) is 5.87. The number of hydrogen-bond donors (Lipinski definition) is 2. The first-order chi connectivity index (χ1) is 9.25. The van der Waals surface area contributed by atoms with Gasteiger partial charge in [0.2, 0.25) is 5.89 Å². The second-order valence-electron chi connectivity index (χ2n) is 4.11. The zero-order valence-electron chi connectivity index (χ0n) is 10.1. The molecule has 3 N–H and O–H groups in total. The van der Waals surface area contributed by atoms with Gasteiger partial charge in [-0.25, -0.2) is 9.97 Å². The van der Waals surface area contributed by atoms with Crippen LogP contribution in [0, 0.1) is 0 Å². The molecule has 1 aliphatic rings. The fourth-order valence-electron chi connectivity index (χ4n) is 1.89. The molecule has 7 nitrogen and oxygen atoms in total. The average molecular weight is 279 g/mol. The summed E-state index contributed by atoms with van der Waals surface area (Å²) in [7, 11) is 0. The number of hydrogen-bond acceptors (Lipinski definition) is 6. The molecule has 3 heterocycles. The molecular weight excluding hydrogens is 266 g/mol. The van der Waals surface area contributed by atoms with Crippen LogP contribution in [0.15, 0.2) is 17.0 Å². The maximum absolute atomic E-state index is 12.2. The van der Waals surface area contributed by atoms with Crippen LogP contribution >= 0.6 is 11.8 Å². The molecule has 0 radical (unpaired) electrons. The van der Waals surface area contributed by atoms with Crippen molar-refractivity contribution in [2.45, 2.75) is 0 Å². The molecule has 8 heteroatoms.